The fourth-order valence-corrected chi connectivity index (χ4v) is 1.43. The Morgan fingerprint density at radius 2 is 2.12 bits per heavy atom. The highest BCUT2D eigenvalue weighted by molar-refractivity contribution is 5.94. The second-order valence-electron chi connectivity index (χ2n) is 3.07. The summed E-state index contributed by atoms with van der Waals surface area (Å²) in [6.45, 7) is 0. The van der Waals surface area contributed by atoms with Crippen molar-refractivity contribution in [1.29, 1.82) is 0 Å². The highest BCUT2D eigenvalue weighted by atomic mass is 16.5. The molecule has 5 heteroatoms. The monoisotopic (exact) mass is 223 g/mol. The molecule has 0 atom stereocenters. The average molecular weight is 223 g/mol. The van der Waals surface area contributed by atoms with Crippen LogP contribution in [-0.4, -0.2) is 26.5 Å². The lowest BCUT2D eigenvalue weighted by molar-refractivity contribution is -0.107. The fourth-order valence-electron chi connectivity index (χ4n) is 1.43. The maximum atomic E-state index is 11.4. The SMILES string of the molecule is COC(=O)c1ccc(OC)c(N)c1CC=O. The number of nitrogen functional groups attached to an aromatic ring is 1. The van der Waals surface area contributed by atoms with Crippen molar-refractivity contribution in [1.82, 2.24) is 0 Å². The summed E-state index contributed by atoms with van der Waals surface area (Å²) in [6.07, 6.45) is 0.727. The normalized spacial score (nSPS) is 9.62. The Balaban J connectivity index is 3.33. The number of anilines is 1. The van der Waals surface area contributed by atoms with Crippen molar-refractivity contribution in [2.75, 3.05) is 20.0 Å². The van der Waals surface area contributed by atoms with Crippen molar-refractivity contribution in [2.45, 2.75) is 6.42 Å². The number of nitrogens with two attached hydrogens (primary N) is 1. The van der Waals surface area contributed by atoms with Crippen molar-refractivity contribution < 1.29 is 19.1 Å². The molecule has 0 spiro atoms. The zero-order valence-electron chi connectivity index (χ0n) is 9.15. The van der Waals surface area contributed by atoms with Gasteiger partial charge in [-0.05, 0) is 12.1 Å². The molecule has 0 heterocycles. The van der Waals surface area contributed by atoms with Gasteiger partial charge in [0.05, 0.1) is 25.5 Å². The summed E-state index contributed by atoms with van der Waals surface area (Å²) in [4.78, 5) is 22.0. The van der Waals surface area contributed by atoms with Gasteiger partial charge in [-0.1, -0.05) is 0 Å². The van der Waals surface area contributed by atoms with Crippen LogP contribution in [-0.2, 0) is 16.0 Å². The van der Waals surface area contributed by atoms with E-state index in [1.807, 2.05) is 0 Å². The highest BCUT2D eigenvalue weighted by Crippen LogP contribution is 2.28. The van der Waals surface area contributed by atoms with Gasteiger partial charge in [-0.3, -0.25) is 0 Å². The van der Waals surface area contributed by atoms with E-state index in [9.17, 15) is 9.59 Å². The van der Waals surface area contributed by atoms with Gasteiger partial charge in [0, 0.05) is 12.0 Å². The van der Waals surface area contributed by atoms with Gasteiger partial charge in [0.1, 0.15) is 12.0 Å². The van der Waals surface area contributed by atoms with Crippen LogP contribution in [0.1, 0.15) is 15.9 Å². The largest absolute Gasteiger partial charge is 0.495 e. The highest BCUT2D eigenvalue weighted by Gasteiger charge is 2.16. The van der Waals surface area contributed by atoms with Gasteiger partial charge in [0.15, 0.2) is 0 Å². The van der Waals surface area contributed by atoms with Crippen LogP contribution in [0, 0.1) is 0 Å². The van der Waals surface area contributed by atoms with Crippen LogP contribution in [0.3, 0.4) is 0 Å². The number of methoxy groups -OCH3 is 2. The van der Waals surface area contributed by atoms with Crippen molar-refractivity contribution in [3.63, 3.8) is 0 Å². The molecular formula is C11H13NO4. The number of carbonyl (C=O) groups excluding carboxylic acids is 2. The topological polar surface area (TPSA) is 78.6 Å². The van der Waals surface area contributed by atoms with Crippen molar-refractivity contribution >= 4 is 17.9 Å². The van der Waals surface area contributed by atoms with Gasteiger partial charge in [0.2, 0.25) is 0 Å². The summed E-state index contributed by atoms with van der Waals surface area (Å²) in [5, 5.41) is 0. The number of esters is 1. The molecule has 0 saturated heterocycles. The molecule has 1 aromatic rings. The van der Waals surface area contributed by atoms with E-state index >= 15 is 0 Å². The molecule has 0 unspecified atom stereocenters. The van der Waals surface area contributed by atoms with Gasteiger partial charge in [-0.15, -0.1) is 0 Å². The first kappa shape index (κ1) is 12.0. The number of aldehydes is 1. The third-order valence-electron chi connectivity index (χ3n) is 2.23. The Kier molecular flexibility index (Phi) is 3.88. The van der Waals surface area contributed by atoms with E-state index in [0.29, 0.717) is 17.6 Å². The van der Waals surface area contributed by atoms with E-state index in [2.05, 4.69) is 4.74 Å². The summed E-state index contributed by atoms with van der Waals surface area (Å²) < 4.78 is 9.61. The average Bonchev–Trinajstić information content (AvgIpc) is 2.31. The first-order valence-corrected chi connectivity index (χ1v) is 4.63. The summed E-state index contributed by atoms with van der Waals surface area (Å²) >= 11 is 0. The number of carbonyl (C=O) groups is 2. The van der Waals surface area contributed by atoms with Crippen LogP contribution >= 0.6 is 0 Å². The van der Waals surface area contributed by atoms with E-state index in [1.54, 1.807) is 6.07 Å². The van der Waals surface area contributed by atoms with E-state index in [1.165, 1.54) is 20.3 Å². The van der Waals surface area contributed by atoms with Crippen LogP contribution in [0.4, 0.5) is 5.69 Å². The molecule has 0 aliphatic rings. The molecular weight excluding hydrogens is 210 g/mol. The molecule has 0 aromatic heterocycles. The van der Waals surface area contributed by atoms with E-state index in [0.717, 1.165) is 0 Å². The number of benzene rings is 1. The van der Waals surface area contributed by atoms with Gasteiger partial charge in [-0.25, -0.2) is 4.79 Å². The first-order chi connectivity index (χ1) is 7.65. The predicted octanol–water partition coefficient (Wildman–Crippen LogP) is 0.805. The summed E-state index contributed by atoms with van der Waals surface area (Å²) in [7, 11) is 2.74. The van der Waals surface area contributed by atoms with Gasteiger partial charge < -0.3 is 20.0 Å². The molecule has 0 radical (unpaired) electrons. The smallest absolute Gasteiger partial charge is 0.338 e. The third-order valence-corrected chi connectivity index (χ3v) is 2.23. The summed E-state index contributed by atoms with van der Waals surface area (Å²) in [5.41, 5.74) is 6.79. The molecule has 0 aliphatic carbocycles. The molecule has 2 N–H and O–H groups in total. The van der Waals surface area contributed by atoms with Crippen LogP contribution in [0.5, 0.6) is 5.75 Å². The third kappa shape index (κ3) is 2.13. The van der Waals surface area contributed by atoms with Crippen LogP contribution in [0.2, 0.25) is 0 Å². The van der Waals surface area contributed by atoms with Gasteiger partial charge >= 0.3 is 5.97 Å². The van der Waals surface area contributed by atoms with Crippen LogP contribution < -0.4 is 10.5 Å². The molecule has 0 saturated carbocycles. The minimum atomic E-state index is -0.522. The van der Waals surface area contributed by atoms with Crippen LogP contribution in [0.25, 0.3) is 0 Å². The molecule has 0 amide bonds. The molecule has 0 bridgehead atoms. The molecule has 1 rings (SSSR count). The molecule has 5 nitrogen and oxygen atoms in total. The first-order valence-electron chi connectivity index (χ1n) is 4.63. The number of hydrogen-bond donors (Lipinski definition) is 1. The molecule has 86 valence electrons. The second kappa shape index (κ2) is 5.16. The lowest BCUT2D eigenvalue weighted by atomic mass is 10.0. The Bertz CT molecular complexity index is 415. The number of hydrogen-bond acceptors (Lipinski definition) is 5. The Morgan fingerprint density at radius 1 is 1.44 bits per heavy atom. The maximum Gasteiger partial charge on any atom is 0.338 e. The molecule has 0 fully saturated rings. The van der Waals surface area contributed by atoms with Gasteiger partial charge in [0.25, 0.3) is 0 Å². The Hall–Kier alpha value is -2.04. The lowest BCUT2D eigenvalue weighted by Gasteiger charge is -2.12. The van der Waals surface area contributed by atoms with Crippen molar-refractivity contribution in [2.24, 2.45) is 0 Å². The van der Waals surface area contributed by atoms with Crippen LogP contribution in [0.15, 0.2) is 12.1 Å². The zero-order chi connectivity index (χ0) is 12.1. The maximum absolute atomic E-state index is 11.4. The zero-order valence-corrected chi connectivity index (χ0v) is 9.15. The van der Waals surface area contributed by atoms with Crippen molar-refractivity contribution in [3.8, 4) is 5.75 Å². The van der Waals surface area contributed by atoms with Crippen molar-refractivity contribution in [3.05, 3.63) is 23.3 Å². The number of rotatable bonds is 4. The summed E-state index contributed by atoms with van der Waals surface area (Å²) in [6, 6.07) is 3.09. The Morgan fingerprint density at radius 3 is 2.62 bits per heavy atom. The quantitative estimate of drug-likeness (QED) is 0.464. The Labute approximate surface area is 93.1 Å². The standard InChI is InChI=1S/C11H13NO4/c1-15-9-4-3-8(11(14)16-2)7(5-6-13)10(9)12/h3-4,6H,5,12H2,1-2H3. The fraction of sp³-hybridized carbons (Fsp3) is 0.273. The van der Waals surface area contributed by atoms with Gasteiger partial charge in [-0.2, -0.15) is 0 Å². The molecule has 0 aliphatic heterocycles. The lowest BCUT2D eigenvalue weighted by Crippen LogP contribution is -2.09. The minimum Gasteiger partial charge on any atom is -0.495 e. The van der Waals surface area contributed by atoms with E-state index in [-0.39, 0.29) is 17.7 Å². The summed E-state index contributed by atoms with van der Waals surface area (Å²) in [5.74, 6) is -0.0873. The molecule has 16 heavy (non-hydrogen) atoms. The minimum absolute atomic E-state index is 0.0491. The predicted molar refractivity (Wildman–Crippen MR) is 58.5 cm³/mol. The number of ether oxygens (including phenoxy) is 2. The second-order valence-corrected chi connectivity index (χ2v) is 3.07. The molecule has 1 aromatic carbocycles. The van der Waals surface area contributed by atoms with E-state index in [4.69, 9.17) is 10.5 Å². The van der Waals surface area contributed by atoms with E-state index < -0.39 is 5.97 Å².